The minimum atomic E-state index is -3.77. The Bertz CT molecular complexity index is 556. The van der Waals surface area contributed by atoms with Gasteiger partial charge in [-0.1, -0.05) is 19.9 Å². The highest BCUT2D eigenvalue weighted by Crippen LogP contribution is 2.25. The molecule has 0 radical (unpaired) electrons. The molecule has 1 unspecified atom stereocenters. The monoisotopic (exact) mass is 317 g/mol. The van der Waals surface area contributed by atoms with Crippen LogP contribution in [0.5, 0.6) is 5.75 Å². The molecule has 0 fully saturated rings. The van der Waals surface area contributed by atoms with Gasteiger partial charge in [-0.25, -0.2) is 13.1 Å². The second-order valence-electron chi connectivity index (χ2n) is 5.07. The molecule has 120 valence electrons. The fourth-order valence-corrected chi connectivity index (χ4v) is 3.42. The molecular formula is C14H23NO5S. The summed E-state index contributed by atoms with van der Waals surface area (Å²) in [6.45, 7) is 3.86. The number of rotatable bonds is 8. The fraction of sp³-hybridized carbons (Fsp3) is 0.571. The fourth-order valence-electron chi connectivity index (χ4n) is 1.83. The van der Waals surface area contributed by atoms with Crippen molar-refractivity contribution in [2.45, 2.75) is 31.4 Å². The average molecular weight is 317 g/mol. The van der Waals surface area contributed by atoms with Crippen LogP contribution in [0.4, 0.5) is 0 Å². The van der Waals surface area contributed by atoms with Crippen LogP contribution in [0.25, 0.3) is 0 Å². The van der Waals surface area contributed by atoms with E-state index in [2.05, 4.69) is 4.72 Å². The second-order valence-corrected chi connectivity index (χ2v) is 6.75. The zero-order valence-electron chi connectivity index (χ0n) is 12.8. The summed E-state index contributed by atoms with van der Waals surface area (Å²) in [6, 6.07) is 4.21. The number of benzene rings is 1. The van der Waals surface area contributed by atoms with E-state index in [-0.39, 0.29) is 35.8 Å². The molecule has 21 heavy (non-hydrogen) atoms. The van der Waals surface area contributed by atoms with Crippen LogP contribution in [-0.2, 0) is 21.4 Å². The Hall–Kier alpha value is -1.15. The zero-order valence-corrected chi connectivity index (χ0v) is 13.6. The van der Waals surface area contributed by atoms with E-state index in [4.69, 9.17) is 14.6 Å². The number of methoxy groups -OCH3 is 2. The van der Waals surface area contributed by atoms with Gasteiger partial charge in [0.2, 0.25) is 10.0 Å². The third-order valence-electron chi connectivity index (χ3n) is 3.16. The average Bonchev–Trinajstić information content (AvgIpc) is 2.45. The molecule has 0 heterocycles. The maximum absolute atomic E-state index is 12.5. The van der Waals surface area contributed by atoms with E-state index in [1.165, 1.54) is 26.4 Å². The van der Waals surface area contributed by atoms with E-state index in [9.17, 15) is 8.42 Å². The van der Waals surface area contributed by atoms with Gasteiger partial charge in [-0.15, -0.1) is 0 Å². The van der Waals surface area contributed by atoms with Gasteiger partial charge < -0.3 is 14.6 Å². The Morgan fingerprint density at radius 3 is 2.43 bits per heavy atom. The number of aliphatic hydroxyl groups is 1. The highest BCUT2D eigenvalue weighted by atomic mass is 32.2. The standard InChI is InChI=1S/C14H23NO5S/c1-10(2)12(9-19-3)15-21(17,18)14-7-11(8-16)5-6-13(14)20-4/h5-7,10,12,15-16H,8-9H2,1-4H3. The van der Waals surface area contributed by atoms with Gasteiger partial charge in [0.15, 0.2) is 0 Å². The lowest BCUT2D eigenvalue weighted by Crippen LogP contribution is -2.41. The molecule has 7 heteroatoms. The molecule has 0 bridgehead atoms. The highest BCUT2D eigenvalue weighted by molar-refractivity contribution is 7.89. The molecule has 1 aromatic rings. The minimum Gasteiger partial charge on any atom is -0.495 e. The first-order chi connectivity index (χ1) is 9.85. The predicted molar refractivity (Wildman–Crippen MR) is 79.7 cm³/mol. The first-order valence-corrected chi connectivity index (χ1v) is 8.13. The largest absolute Gasteiger partial charge is 0.495 e. The summed E-state index contributed by atoms with van der Waals surface area (Å²) in [5, 5.41) is 9.17. The smallest absolute Gasteiger partial charge is 0.244 e. The molecule has 1 aromatic carbocycles. The summed E-state index contributed by atoms with van der Waals surface area (Å²) in [5.74, 6) is 0.311. The SMILES string of the molecule is COCC(NS(=O)(=O)c1cc(CO)ccc1OC)C(C)C. The maximum atomic E-state index is 12.5. The Morgan fingerprint density at radius 2 is 1.95 bits per heavy atom. The van der Waals surface area contributed by atoms with Gasteiger partial charge in [-0.3, -0.25) is 0 Å². The summed E-state index contributed by atoms with van der Waals surface area (Å²) in [6.07, 6.45) is 0. The summed E-state index contributed by atoms with van der Waals surface area (Å²) >= 11 is 0. The highest BCUT2D eigenvalue weighted by Gasteiger charge is 2.25. The molecule has 0 saturated heterocycles. The number of sulfonamides is 1. The third-order valence-corrected chi connectivity index (χ3v) is 4.67. The summed E-state index contributed by atoms with van der Waals surface area (Å²) in [7, 11) is -0.839. The van der Waals surface area contributed by atoms with E-state index < -0.39 is 10.0 Å². The predicted octanol–water partition coefficient (Wildman–Crippen LogP) is 1.14. The van der Waals surface area contributed by atoms with Crippen molar-refractivity contribution < 1.29 is 23.0 Å². The Balaban J connectivity index is 3.17. The summed E-state index contributed by atoms with van der Waals surface area (Å²) in [4.78, 5) is 0.0123. The maximum Gasteiger partial charge on any atom is 0.244 e. The first-order valence-electron chi connectivity index (χ1n) is 6.64. The normalized spacial score (nSPS) is 13.4. The van der Waals surface area contributed by atoms with E-state index in [0.717, 1.165) is 0 Å². The zero-order chi connectivity index (χ0) is 16.0. The Kier molecular flexibility index (Phi) is 6.60. The molecule has 0 aliphatic rings. The molecule has 0 amide bonds. The van der Waals surface area contributed by atoms with E-state index >= 15 is 0 Å². The minimum absolute atomic E-state index is 0.0123. The van der Waals surface area contributed by atoms with Crippen LogP contribution in [0.2, 0.25) is 0 Å². The quantitative estimate of drug-likeness (QED) is 0.751. The van der Waals surface area contributed by atoms with Gasteiger partial charge in [0.1, 0.15) is 10.6 Å². The van der Waals surface area contributed by atoms with Gasteiger partial charge in [0.25, 0.3) is 0 Å². The first kappa shape index (κ1) is 17.9. The van der Waals surface area contributed by atoms with Crippen LogP contribution < -0.4 is 9.46 Å². The van der Waals surface area contributed by atoms with Gasteiger partial charge in [-0.2, -0.15) is 0 Å². The van der Waals surface area contributed by atoms with Crippen molar-refractivity contribution >= 4 is 10.0 Å². The molecule has 0 aliphatic carbocycles. The van der Waals surface area contributed by atoms with Gasteiger partial charge in [-0.05, 0) is 23.6 Å². The number of aliphatic hydroxyl groups excluding tert-OH is 1. The summed E-state index contributed by atoms with van der Waals surface area (Å²) in [5.41, 5.74) is 0.504. The van der Waals surface area contributed by atoms with Crippen molar-refractivity contribution in [3.63, 3.8) is 0 Å². The van der Waals surface area contributed by atoms with Crippen LogP contribution in [0.1, 0.15) is 19.4 Å². The van der Waals surface area contributed by atoms with E-state index in [1.54, 1.807) is 6.07 Å². The number of hydrogen-bond donors (Lipinski definition) is 2. The molecule has 0 saturated carbocycles. The van der Waals surface area contributed by atoms with Crippen LogP contribution in [0.3, 0.4) is 0 Å². The van der Waals surface area contributed by atoms with Gasteiger partial charge >= 0.3 is 0 Å². The summed E-state index contributed by atoms with van der Waals surface area (Å²) < 4.78 is 37.9. The van der Waals surface area contributed by atoms with Gasteiger partial charge in [0, 0.05) is 13.2 Å². The molecule has 1 atom stereocenters. The lowest BCUT2D eigenvalue weighted by molar-refractivity contribution is 0.157. The van der Waals surface area contributed by atoms with Crippen LogP contribution in [0, 0.1) is 5.92 Å². The van der Waals surface area contributed by atoms with Crippen molar-refractivity contribution in [3.8, 4) is 5.75 Å². The van der Waals surface area contributed by atoms with Gasteiger partial charge in [0.05, 0.1) is 20.3 Å². The van der Waals surface area contributed by atoms with Crippen LogP contribution in [-0.4, -0.2) is 40.4 Å². The van der Waals surface area contributed by atoms with Crippen LogP contribution in [0.15, 0.2) is 23.1 Å². The Morgan fingerprint density at radius 1 is 1.29 bits per heavy atom. The molecule has 1 rings (SSSR count). The van der Waals surface area contributed by atoms with Crippen molar-refractivity contribution in [3.05, 3.63) is 23.8 Å². The molecule has 2 N–H and O–H groups in total. The molecule has 0 spiro atoms. The van der Waals surface area contributed by atoms with E-state index in [1.807, 2.05) is 13.8 Å². The molecular weight excluding hydrogens is 294 g/mol. The Labute approximate surface area is 126 Å². The van der Waals surface area contributed by atoms with Crippen LogP contribution >= 0.6 is 0 Å². The number of hydrogen-bond acceptors (Lipinski definition) is 5. The lowest BCUT2D eigenvalue weighted by atomic mass is 10.1. The molecule has 0 aliphatic heterocycles. The molecule has 6 nitrogen and oxygen atoms in total. The second kappa shape index (κ2) is 7.74. The van der Waals surface area contributed by atoms with E-state index in [0.29, 0.717) is 5.56 Å². The van der Waals surface area contributed by atoms with Crippen molar-refractivity contribution in [2.24, 2.45) is 5.92 Å². The lowest BCUT2D eigenvalue weighted by Gasteiger charge is -2.22. The van der Waals surface area contributed by atoms with Crippen molar-refractivity contribution in [1.29, 1.82) is 0 Å². The van der Waals surface area contributed by atoms with Crippen molar-refractivity contribution in [1.82, 2.24) is 4.72 Å². The third kappa shape index (κ3) is 4.67. The topological polar surface area (TPSA) is 84.9 Å². The number of ether oxygens (including phenoxy) is 2. The number of nitrogens with one attached hydrogen (secondary N) is 1. The molecule has 0 aromatic heterocycles. The van der Waals surface area contributed by atoms with Crippen molar-refractivity contribution in [2.75, 3.05) is 20.8 Å².